The number of aliphatic hydroxyl groups is 1. The average Bonchev–Trinajstić information content (AvgIpc) is 3.19. The Morgan fingerprint density at radius 2 is 1.49 bits per heavy atom. The lowest BCUT2D eigenvalue weighted by molar-refractivity contribution is -0.276. The molecule has 4 atom stereocenters. The number of pyridine rings is 1. The van der Waals surface area contributed by atoms with Crippen molar-refractivity contribution in [1.82, 2.24) is 20.1 Å². The quantitative estimate of drug-likeness (QED) is 0.159. The zero-order valence-electron chi connectivity index (χ0n) is 29.1. The van der Waals surface area contributed by atoms with Gasteiger partial charge in [-0.3, -0.25) is 19.6 Å². The number of hydrogen-bond acceptors (Lipinski definition) is 7. The van der Waals surface area contributed by atoms with Crippen molar-refractivity contribution >= 4 is 5.91 Å². The van der Waals surface area contributed by atoms with Gasteiger partial charge in [0.1, 0.15) is 0 Å². The molecule has 8 heteroatoms. The third-order valence-corrected chi connectivity index (χ3v) is 10.1. The highest BCUT2D eigenvalue weighted by molar-refractivity contribution is 5.93. The number of aromatic nitrogens is 1. The minimum atomic E-state index is -0.517. The summed E-state index contributed by atoms with van der Waals surface area (Å²) in [7, 11) is 0. The predicted octanol–water partition coefficient (Wildman–Crippen LogP) is 6.78. The maximum absolute atomic E-state index is 12.5. The van der Waals surface area contributed by atoms with Crippen molar-refractivity contribution in [3.63, 3.8) is 0 Å². The summed E-state index contributed by atoms with van der Waals surface area (Å²) in [6.45, 7) is 8.55. The molecule has 2 aliphatic heterocycles. The molecule has 1 amide bonds. The largest absolute Gasteiger partial charge is 0.392 e. The third-order valence-electron chi connectivity index (χ3n) is 10.1. The van der Waals surface area contributed by atoms with Crippen LogP contribution in [0.25, 0.3) is 11.1 Å². The lowest BCUT2D eigenvalue weighted by atomic mass is 9.89. The third kappa shape index (κ3) is 8.79. The topological polar surface area (TPSA) is 87.2 Å². The summed E-state index contributed by atoms with van der Waals surface area (Å²) < 4.78 is 13.5. The molecule has 0 bridgehead atoms. The van der Waals surface area contributed by atoms with E-state index in [-0.39, 0.29) is 30.6 Å². The fourth-order valence-corrected chi connectivity index (χ4v) is 7.03. The van der Waals surface area contributed by atoms with Crippen LogP contribution < -0.4 is 5.32 Å². The van der Waals surface area contributed by atoms with E-state index in [0.29, 0.717) is 12.1 Å². The van der Waals surface area contributed by atoms with E-state index in [1.807, 2.05) is 24.3 Å². The number of carbonyl (C=O) groups is 1. The van der Waals surface area contributed by atoms with Crippen molar-refractivity contribution in [2.75, 3.05) is 32.7 Å². The van der Waals surface area contributed by atoms with Gasteiger partial charge >= 0.3 is 0 Å². The van der Waals surface area contributed by atoms with E-state index in [0.717, 1.165) is 72.6 Å². The molecule has 2 aliphatic rings. The van der Waals surface area contributed by atoms with Crippen LogP contribution in [0.2, 0.25) is 0 Å². The highest BCUT2D eigenvalue weighted by Crippen LogP contribution is 2.42. The van der Waals surface area contributed by atoms with Gasteiger partial charge in [0.25, 0.3) is 5.91 Å². The van der Waals surface area contributed by atoms with E-state index in [4.69, 9.17) is 9.47 Å². The van der Waals surface area contributed by atoms with Crippen LogP contribution in [0.1, 0.15) is 57.5 Å². The Morgan fingerprint density at radius 1 is 0.765 bits per heavy atom. The monoisotopic (exact) mass is 682 g/mol. The summed E-state index contributed by atoms with van der Waals surface area (Å²) in [5, 5.41) is 12.6. The summed E-state index contributed by atoms with van der Waals surface area (Å²) in [6.07, 6.45) is 2.53. The molecule has 0 spiro atoms. The van der Waals surface area contributed by atoms with E-state index in [2.05, 4.69) is 106 Å². The number of piperazine rings is 1. The average molecular weight is 683 g/mol. The Morgan fingerprint density at radius 3 is 2.22 bits per heavy atom. The van der Waals surface area contributed by atoms with Crippen LogP contribution in [0.3, 0.4) is 0 Å². The highest BCUT2D eigenvalue weighted by Gasteiger charge is 2.39. The normalized spacial score (nSPS) is 21.3. The molecule has 1 aromatic heterocycles. The van der Waals surface area contributed by atoms with Gasteiger partial charge in [-0.05, 0) is 51.6 Å². The van der Waals surface area contributed by atoms with Gasteiger partial charge in [-0.1, -0.05) is 104 Å². The first-order valence-corrected chi connectivity index (χ1v) is 17.9. The van der Waals surface area contributed by atoms with Gasteiger partial charge in [0.2, 0.25) is 0 Å². The Hall–Kier alpha value is -4.70. The van der Waals surface area contributed by atoms with Crippen LogP contribution in [0.15, 0.2) is 128 Å². The lowest BCUT2D eigenvalue weighted by Gasteiger charge is -2.44. The van der Waals surface area contributed by atoms with Crippen LogP contribution in [0.4, 0.5) is 0 Å². The van der Waals surface area contributed by atoms with E-state index < -0.39 is 6.29 Å². The molecule has 7 rings (SSSR count). The van der Waals surface area contributed by atoms with Gasteiger partial charge in [0.05, 0.1) is 24.4 Å². The number of carbonyl (C=O) groups excluding carboxylic acids is 1. The zero-order valence-corrected chi connectivity index (χ0v) is 29.1. The van der Waals surface area contributed by atoms with Gasteiger partial charge in [-0.2, -0.15) is 0 Å². The van der Waals surface area contributed by atoms with Crippen LogP contribution in [0, 0.1) is 5.92 Å². The van der Waals surface area contributed by atoms with Crippen molar-refractivity contribution in [2.24, 2.45) is 5.92 Å². The van der Waals surface area contributed by atoms with E-state index in [9.17, 15) is 9.90 Å². The molecule has 262 valence electrons. The Bertz CT molecular complexity index is 1850. The van der Waals surface area contributed by atoms with E-state index >= 15 is 0 Å². The molecular formula is C43H46N4O4. The summed E-state index contributed by atoms with van der Waals surface area (Å²) in [6, 6.07) is 38.9. The Kier molecular flexibility index (Phi) is 11.3. The summed E-state index contributed by atoms with van der Waals surface area (Å²) in [4.78, 5) is 21.6. The molecule has 2 N–H and O–H groups in total. The van der Waals surface area contributed by atoms with E-state index in [1.165, 1.54) is 5.56 Å². The number of rotatable bonds is 11. The first-order chi connectivity index (χ1) is 25.0. The second-order valence-electron chi connectivity index (χ2n) is 13.6. The highest BCUT2D eigenvalue weighted by atomic mass is 16.7. The van der Waals surface area contributed by atoms with Gasteiger partial charge in [0.15, 0.2) is 6.29 Å². The maximum atomic E-state index is 12.5. The van der Waals surface area contributed by atoms with Crippen LogP contribution in [-0.2, 0) is 29.2 Å². The number of nitrogens with one attached hydrogen (secondary N) is 1. The number of aliphatic hydroxyl groups excluding tert-OH is 1. The number of amides is 1. The molecular weight excluding hydrogens is 636 g/mol. The number of hydrogen-bond donors (Lipinski definition) is 2. The molecule has 5 aromatic rings. The summed E-state index contributed by atoms with van der Waals surface area (Å²) in [5.74, 6) is -0.0184. The molecule has 2 saturated heterocycles. The van der Waals surface area contributed by atoms with Gasteiger partial charge < -0.3 is 19.9 Å². The van der Waals surface area contributed by atoms with Crippen LogP contribution >= 0.6 is 0 Å². The Labute approximate surface area is 300 Å². The molecule has 4 unspecified atom stereocenters. The number of benzene rings is 4. The molecule has 51 heavy (non-hydrogen) atoms. The zero-order chi connectivity index (χ0) is 35.0. The second-order valence-corrected chi connectivity index (χ2v) is 13.6. The molecule has 0 radical (unpaired) electrons. The molecule has 2 fully saturated rings. The van der Waals surface area contributed by atoms with Crippen molar-refractivity contribution in [1.29, 1.82) is 0 Å². The van der Waals surface area contributed by atoms with Gasteiger partial charge in [-0.25, -0.2) is 0 Å². The second kappa shape index (κ2) is 16.5. The molecule has 4 aromatic carbocycles. The van der Waals surface area contributed by atoms with Crippen molar-refractivity contribution in [3.8, 4) is 11.1 Å². The number of nitrogens with zero attached hydrogens (tertiary/aromatic N) is 3. The number of ether oxygens (including phenoxy) is 2. The molecule has 0 aliphatic carbocycles. The fourth-order valence-electron chi connectivity index (χ4n) is 7.03. The minimum absolute atomic E-state index is 0.0151. The van der Waals surface area contributed by atoms with Crippen molar-refractivity contribution < 1.29 is 19.4 Å². The van der Waals surface area contributed by atoms with Gasteiger partial charge in [-0.15, -0.1) is 0 Å². The first-order valence-electron chi connectivity index (χ1n) is 17.9. The molecule has 3 heterocycles. The van der Waals surface area contributed by atoms with Crippen LogP contribution in [-0.4, -0.2) is 64.6 Å². The van der Waals surface area contributed by atoms with Crippen LogP contribution in [0.5, 0.6) is 0 Å². The smallest absolute Gasteiger partial charge is 0.253 e. The lowest BCUT2D eigenvalue weighted by Crippen LogP contribution is -2.51. The predicted molar refractivity (Wildman–Crippen MR) is 198 cm³/mol. The summed E-state index contributed by atoms with van der Waals surface area (Å²) in [5.41, 5.74) is 8.00. The molecule has 8 nitrogen and oxygen atoms in total. The molecule has 0 saturated carbocycles. The summed E-state index contributed by atoms with van der Waals surface area (Å²) >= 11 is 0. The van der Waals surface area contributed by atoms with Crippen molar-refractivity contribution in [2.45, 2.75) is 45.1 Å². The standard InChI is InChI=1S/C43H46N4O4/c1-31-40(29-47-23-21-46(22-24-47)28-32-7-3-2-4-8-32)50-43(51-41(31)36-14-12-33(30-48)13-15-36)37-18-16-35(17-19-37)38-10-5-9-34(25-38)26-45-42(49)39-11-6-20-44-27-39/h2-20,25,27,31,40-41,43,48H,21-24,26,28-30H2,1H3,(H,45,49). The first kappa shape index (κ1) is 34.7. The Balaban J connectivity index is 1.03. The van der Waals surface area contributed by atoms with Crippen molar-refractivity contribution in [3.05, 3.63) is 161 Å². The van der Waals surface area contributed by atoms with Gasteiger partial charge in [0, 0.05) is 69.7 Å². The maximum Gasteiger partial charge on any atom is 0.253 e. The minimum Gasteiger partial charge on any atom is -0.392 e. The SMILES string of the molecule is CC1C(CN2CCN(Cc3ccccc3)CC2)OC(c2ccc(-c3cccc(CNC(=O)c4cccnc4)c3)cc2)OC1c1ccc(CO)cc1. The van der Waals surface area contributed by atoms with E-state index in [1.54, 1.807) is 24.5 Å². The fraction of sp³-hybridized carbons (Fsp3) is 0.302.